The van der Waals surface area contributed by atoms with Crippen molar-refractivity contribution in [1.82, 2.24) is 5.32 Å². The average Bonchev–Trinajstić information content (AvgIpc) is 3.50. The summed E-state index contributed by atoms with van der Waals surface area (Å²) in [7, 11) is 0. The van der Waals surface area contributed by atoms with Crippen molar-refractivity contribution in [2.24, 2.45) is 0 Å². The molecule has 1 saturated heterocycles. The summed E-state index contributed by atoms with van der Waals surface area (Å²) in [6.45, 7) is 2.06. The maximum absolute atomic E-state index is 12.7. The number of ether oxygens (including phenoxy) is 4. The van der Waals surface area contributed by atoms with E-state index in [0.29, 0.717) is 25.5 Å². The Balaban J connectivity index is 1.12. The predicted molar refractivity (Wildman–Crippen MR) is 126 cm³/mol. The molecule has 178 valence electrons. The van der Waals surface area contributed by atoms with Crippen LogP contribution in [-0.2, 0) is 27.8 Å². The fourth-order valence-electron chi connectivity index (χ4n) is 5.36. The van der Waals surface area contributed by atoms with Gasteiger partial charge in [0.2, 0.25) is 6.79 Å². The summed E-state index contributed by atoms with van der Waals surface area (Å²) in [5.41, 5.74) is 3.12. The van der Waals surface area contributed by atoms with Crippen LogP contribution in [0.2, 0.25) is 0 Å². The van der Waals surface area contributed by atoms with E-state index in [4.69, 9.17) is 23.4 Å². The lowest BCUT2D eigenvalue weighted by Crippen LogP contribution is -2.45. The van der Waals surface area contributed by atoms with E-state index in [2.05, 4.69) is 11.4 Å². The van der Waals surface area contributed by atoms with Crippen LogP contribution in [0.15, 0.2) is 40.8 Å². The smallest absolute Gasteiger partial charge is 0.257 e. The molecule has 3 heterocycles. The summed E-state index contributed by atoms with van der Waals surface area (Å²) in [6.07, 6.45) is 6.06. The monoisotopic (exact) mass is 463 g/mol. The zero-order valence-electron chi connectivity index (χ0n) is 19.2. The van der Waals surface area contributed by atoms with E-state index in [1.165, 1.54) is 18.4 Å². The van der Waals surface area contributed by atoms with Crippen molar-refractivity contribution in [3.63, 3.8) is 0 Å². The number of nitrogens with one attached hydrogen (secondary N) is 1. The first kappa shape index (κ1) is 21.4. The van der Waals surface area contributed by atoms with Crippen LogP contribution in [0.5, 0.6) is 17.2 Å². The molecule has 3 aliphatic rings. The molecule has 1 aliphatic carbocycles. The topological polar surface area (TPSA) is 79.2 Å². The Morgan fingerprint density at radius 1 is 1.00 bits per heavy atom. The molecule has 1 aromatic heterocycles. The van der Waals surface area contributed by atoms with Crippen molar-refractivity contribution in [1.29, 1.82) is 0 Å². The summed E-state index contributed by atoms with van der Waals surface area (Å²) in [6, 6.07) is 11.9. The average molecular weight is 464 g/mol. The first-order valence-electron chi connectivity index (χ1n) is 12.1. The predicted octanol–water partition coefficient (Wildman–Crippen LogP) is 4.28. The lowest BCUT2D eigenvalue weighted by molar-refractivity contribution is -0.123. The van der Waals surface area contributed by atoms with Gasteiger partial charge in [0, 0.05) is 42.5 Å². The van der Waals surface area contributed by atoms with Crippen molar-refractivity contribution in [3.8, 4) is 17.2 Å². The number of benzene rings is 2. The zero-order valence-corrected chi connectivity index (χ0v) is 19.2. The molecule has 1 fully saturated rings. The summed E-state index contributed by atoms with van der Waals surface area (Å²) in [5.74, 6) is 3.17. The number of aryl methyl sites for hydroxylation is 2. The Hall–Kier alpha value is -3.19. The van der Waals surface area contributed by atoms with Gasteiger partial charge in [-0.2, -0.15) is 0 Å². The number of carbonyl (C=O) groups is 1. The number of hydrogen-bond donors (Lipinski definition) is 1. The highest BCUT2D eigenvalue weighted by Gasteiger charge is 2.36. The number of fused-ring (bicyclic) bond motifs is 4. The molecule has 0 bridgehead atoms. The maximum Gasteiger partial charge on any atom is 0.257 e. The van der Waals surface area contributed by atoms with Crippen LogP contribution >= 0.6 is 0 Å². The van der Waals surface area contributed by atoms with Crippen LogP contribution in [0.25, 0.3) is 11.0 Å². The van der Waals surface area contributed by atoms with Gasteiger partial charge in [0.1, 0.15) is 17.1 Å². The van der Waals surface area contributed by atoms with Gasteiger partial charge in [-0.1, -0.05) is 6.07 Å². The molecule has 0 unspecified atom stereocenters. The molecule has 0 atom stereocenters. The third kappa shape index (κ3) is 3.98. The minimum absolute atomic E-state index is 0.0285. The Bertz CT molecular complexity index is 1210. The Morgan fingerprint density at radius 2 is 1.85 bits per heavy atom. The Labute approximate surface area is 198 Å². The second-order valence-electron chi connectivity index (χ2n) is 9.40. The van der Waals surface area contributed by atoms with Gasteiger partial charge in [-0.25, -0.2) is 0 Å². The SMILES string of the molecule is O=C(COc1ccc2oc3c(c2c1)CCCC3)NCC1(c2ccc3c(c2)OCO3)CCOCC1. The van der Waals surface area contributed by atoms with E-state index in [-0.39, 0.29) is 24.7 Å². The number of amides is 1. The summed E-state index contributed by atoms with van der Waals surface area (Å²) in [4.78, 5) is 12.7. The Morgan fingerprint density at radius 3 is 2.76 bits per heavy atom. The molecule has 1 amide bonds. The molecule has 1 N–H and O–H groups in total. The summed E-state index contributed by atoms with van der Waals surface area (Å²) >= 11 is 0. The van der Waals surface area contributed by atoms with E-state index < -0.39 is 0 Å². The number of hydrogen-bond acceptors (Lipinski definition) is 6. The molecule has 7 heteroatoms. The molecule has 0 saturated carbocycles. The Kier molecular flexibility index (Phi) is 5.57. The third-order valence-electron chi connectivity index (χ3n) is 7.36. The van der Waals surface area contributed by atoms with Crippen molar-refractivity contribution >= 4 is 16.9 Å². The minimum Gasteiger partial charge on any atom is -0.484 e. The third-order valence-corrected chi connectivity index (χ3v) is 7.36. The van der Waals surface area contributed by atoms with Gasteiger partial charge < -0.3 is 28.7 Å². The maximum atomic E-state index is 12.7. The van der Waals surface area contributed by atoms with Crippen LogP contribution < -0.4 is 19.5 Å². The standard InChI is InChI=1S/C27H29NO6/c29-26(15-31-19-6-8-23-21(14-19)20-3-1-2-4-22(20)34-23)28-16-27(9-11-30-12-10-27)18-5-7-24-25(13-18)33-17-32-24/h5-8,13-14H,1-4,9-12,15-17H2,(H,28,29). The molecule has 0 spiro atoms. The van der Waals surface area contributed by atoms with E-state index in [9.17, 15) is 4.79 Å². The van der Waals surface area contributed by atoms with Gasteiger partial charge in [-0.15, -0.1) is 0 Å². The van der Waals surface area contributed by atoms with Gasteiger partial charge in [-0.3, -0.25) is 4.79 Å². The van der Waals surface area contributed by atoms with Crippen molar-refractivity contribution in [2.75, 3.05) is 33.2 Å². The highest BCUT2D eigenvalue weighted by molar-refractivity contribution is 5.84. The number of carbonyl (C=O) groups excluding carboxylic acids is 1. The highest BCUT2D eigenvalue weighted by atomic mass is 16.7. The first-order chi connectivity index (χ1) is 16.7. The lowest BCUT2D eigenvalue weighted by atomic mass is 9.74. The molecule has 6 rings (SSSR count). The molecule has 2 aliphatic heterocycles. The van der Waals surface area contributed by atoms with Crippen LogP contribution in [-0.4, -0.2) is 39.1 Å². The molecule has 34 heavy (non-hydrogen) atoms. The van der Waals surface area contributed by atoms with Gasteiger partial charge in [0.05, 0.1) is 0 Å². The quantitative estimate of drug-likeness (QED) is 0.588. The van der Waals surface area contributed by atoms with Gasteiger partial charge >= 0.3 is 0 Å². The van der Waals surface area contributed by atoms with E-state index in [1.54, 1.807) is 0 Å². The molecule has 0 radical (unpaired) electrons. The van der Waals surface area contributed by atoms with Gasteiger partial charge in [-0.05, 0) is 68.0 Å². The first-order valence-corrected chi connectivity index (χ1v) is 12.1. The van der Waals surface area contributed by atoms with Crippen LogP contribution in [0, 0.1) is 0 Å². The number of rotatable bonds is 6. The summed E-state index contributed by atoms with van der Waals surface area (Å²) in [5, 5.41) is 4.21. The minimum atomic E-state index is -0.205. The van der Waals surface area contributed by atoms with Crippen molar-refractivity contribution in [2.45, 2.75) is 43.9 Å². The zero-order chi connectivity index (χ0) is 23.0. The largest absolute Gasteiger partial charge is 0.484 e. The van der Waals surface area contributed by atoms with Crippen LogP contribution in [0.1, 0.15) is 42.6 Å². The summed E-state index contributed by atoms with van der Waals surface area (Å²) < 4.78 is 28.5. The number of furan rings is 1. The second-order valence-corrected chi connectivity index (χ2v) is 9.40. The van der Waals surface area contributed by atoms with Crippen LogP contribution in [0.4, 0.5) is 0 Å². The molecular weight excluding hydrogens is 434 g/mol. The molecule has 2 aromatic carbocycles. The molecular formula is C27H29NO6. The van der Waals surface area contributed by atoms with E-state index in [0.717, 1.165) is 59.5 Å². The molecule has 7 nitrogen and oxygen atoms in total. The lowest BCUT2D eigenvalue weighted by Gasteiger charge is -2.38. The normalized spacial score (nSPS) is 18.5. The van der Waals surface area contributed by atoms with Crippen molar-refractivity contribution in [3.05, 3.63) is 53.3 Å². The van der Waals surface area contributed by atoms with E-state index >= 15 is 0 Å². The van der Waals surface area contributed by atoms with Gasteiger partial charge in [0.25, 0.3) is 5.91 Å². The fourth-order valence-corrected chi connectivity index (χ4v) is 5.36. The van der Waals surface area contributed by atoms with E-state index in [1.807, 2.05) is 30.3 Å². The molecule has 3 aromatic rings. The van der Waals surface area contributed by atoms with Crippen molar-refractivity contribution < 1.29 is 28.2 Å². The van der Waals surface area contributed by atoms with Crippen LogP contribution in [0.3, 0.4) is 0 Å². The van der Waals surface area contributed by atoms with Gasteiger partial charge in [0.15, 0.2) is 18.1 Å². The second kappa shape index (κ2) is 8.87. The highest BCUT2D eigenvalue weighted by Crippen LogP contribution is 2.40. The fraction of sp³-hybridized carbons (Fsp3) is 0.444.